The highest BCUT2D eigenvalue weighted by molar-refractivity contribution is 7.88. The second-order valence-corrected chi connectivity index (χ2v) is 7.67. The minimum absolute atomic E-state index is 0.244. The monoisotopic (exact) mass is 333 g/mol. The molecule has 0 aromatic carbocycles. The molecule has 118 valence electrons. The summed E-state index contributed by atoms with van der Waals surface area (Å²) in [6.07, 6.45) is 2.12. The third kappa shape index (κ3) is 4.39. The van der Waals surface area contributed by atoms with Crippen molar-refractivity contribution < 1.29 is 17.9 Å². The van der Waals surface area contributed by atoms with Crippen molar-refractivity contribution in [1.29, 1.82) is 0 Å². The number of methoxy groups -OCH3 is 1. The van der Waals surface area contributed by atoms with E-state index in [2.05, 4.69) is 14.6 Å². The molecule has 0 saturated carbocycles. The maximum Gasteiger partial charge on any atom is 0.305 e. The fourth-order valence-corrected chi connectivity index (χ4v) is 3.84. The highest BCUT2D eigenvalue weighted by Crippen LogP contribution is 2.23. The number of thiazole rings is 1. The van der Waals surface area contributed by atoms with Gasteiger partial charge >= 0.3 is 5.97 Å². The lowest BCUT2D eigenvalue weighted by Crippen LogP contribution is -2.48. The third-order valence-corrected chi connectivity index (χ3v) is 5.58. The van der Waals surface area contributed by atoms with Gasteiger partial charge in [0.2, 0.25) is 10.0 Å². The first-order valence-corrected chi connectivity index (χ1v) is 9.34. The maximum absolute atomic E-state index is 11.5. The number of nitrogens with zero attached hydrogens (tertiary/aromatic N) is 3. The van der Waals surface area contributed by atoms with Crippen LogP contribution in [-0.2, 0) is 26.0 Å². The topological polar surface area (TPSA) is 79.8 Å². The third-order valence-electron chi connectivity index (χ3n) is 3.33. The first kappa shape index (κ1) is 16.2. The van der Waals surface area contributed by atoms with Gasteiger partial charge in [-0.25, -0.2) is 13.4 Å². The first-order valence-electron chi connectivity index (χ1n) is 6.61. The van der Waals surface area contributed by atoms with Gasteiger partial charge in [0.15, 0.2) is 5.13 Å². The Labute approximate surface area is 128 Å². The Bertz CT molecular complexity index is 591. The van der Waals surface area contributed by atoms with Gasteiger partial charge in [-0.15, -0.1) is 11.3 Å². The maximum atomic E-state index is 11.5. The zero-order valence-electron chi connectivity index (χ0n) is 12.1. The normalized spacial score (nSPS) is 17.0. The largest absolute Gasteiger partial charge is 0.469 e. The molecule has 21 heavy (non-hydrogen) atoms. The Morgan fingerprint density at radius 2 is 2.05 bits per heavy atom. The van der Waals surface area contributed by atoms with E-state index in [1.807, 2.05) is 5.38 Å². The Balaban J connectivity index is 1.89. The zero-order valence-corrected chi connectivity index (χ0v) is 13.7. The highest BCUT2D eigenvalue weighted by atomic mass is 32.2. The second kappa shape index (κ2) is 6.71. The van der Waals surface area contributed by atoms with Crippen LogP contribution in [0.4, 0.5) is 5.13 Å². The molecular formula is C12H19N3O4S2. The average Bonchev–Trinajstić information content (AvgIpc) is 2.93. The smallest absolute Gasteiger partial charge is 0.305 e. The van der Waals surface area contributed by atoms with Gasteiger partial charge in [0.25, 0.3) is 0 Å². The SMILES string of the molecule is COC(=O)CCc1csc(N2CCN(S(C)(=O)=O)CC2)n1. The van der Waals surface area contributed by atoms with Crippen LogP contribution in [0.25, 0.3) is 0 Å². The van der Waals surface area contributed by atoms with E-state index in [9.17, 15) is 13.2 Å². The molecule has 0 unspecified atom stereocenters. The van der Waals surface area contributed by atoms with E-state index in [-0.39, 0.29) is 5.97 Å². The zero-order chi connectivity index (χ0) is 15.5. The molecule has 1 aliphatic rings. The molecule has 9 heteroatoms. The molecule has 1 aromatic rings. The molecule has 0 bridgehead atoms. The lowest BCUT2D eigenvalue weighted by Gasteiger charge is -2.32. The number of anilines is 1. The van der Waals surface area contributed by atoms with Crippen LogP contribution < -0.4 is 4.90 Å². The molecule has 1 aliphatic heterocycles. The average molecular weight is 333 g/mol. The van der Waals surface area contributed by atoms with Crippen molar-refractivity contribution in [2.24, 2.45) is 0 Å². The van der Waals surface area contributed by atoms with Crippen LogP contribution in [-0.4, -0.2) is 63.2 Å². The fraction of sp³-hybridized carbons (Fsp3) is 0.667. The lowest BCUT2D eigenvalue weighted by atomic mass is 10.2. The van der Waals surface area contributed by atoms with Gasteiger partial charge in [0.1, 0.15) is 0 Å². The van der Waals surface area contributed by atoms with E-state index in [4.69, 9.17) is 0 Å². The van der Waals surface area contributed by atoms with Crippen LogP contribution in [0.2, 0.25) is 0 Å². The summed E-state index contributed by atoms with van der Waals surface area (Å²) in [5.74, 6) is -0.244. The first-order chi connectivity index (χ1) is 9.90. The second-order valence-electron chi connectivity index (χ2n) is 4.85. The molecular weight excluding hydrogens is 314 g/mol. The number of carbonyl (C=O) groups is 1. The minimum atomic E-state index is -3.11. The molecule has 2 rings (SSSR count). The Hall–Kier alpha value is -1.19. The van der Waals surface area contributed by atoms with Crippen molar-refractivity contribution in [2.75, 3.05) is 44.4 Å². The summed E-state index contributed by atoms with van der Waals surface area (Å²) in [7, 11) is -1.74. The number of hydrogen-bond acceptors (Lipinski definition) is 7. The van der Waals surface area contributed by atoms with Crippen LogP contribution in [0.3, 0.4) is 0 Å². The van der Waals surface area contributed by atoms with Gasteiger partial charge in [-0.05, 0) is 0 Å². The summed E-state index contributed by atoms with van der Waals surface area (Å²) in [5.41, 5.74) is 0.867. The van der Waals surface area contributed by atoms with E-state index >= 15 is 0 Å². The number of carbonyl (C=O) groups excluding carboxylic acids is 1. The van der Waals surface area contributed by atoms with Gasteiger partial charge < -0.3 is 9.64 Å². The van der Waals surface area contributed by atoms with Crippen molar-refractivity contribution in [1.82, 2.24) is 9.29 Å². The Morgan fingerprint density at radius 1 is 1.38 bits per heavy atom. The van der Waals surface area contributed by atoms with Crippen LogP contribution in [0.15, 0.2) is 5.38 Å². The van der Waals surface area contributed by atoms with E-state index < -0.39 is 10.0 Å². The van der Waals surface area contributed by atoms with E-state index in [0.29, 0.717) is 39.0 Å². The summed E-state index contributed by atoms with van der Waals surface area (Å²) in [6.45, 7) is 2.24. The molecule has 0 radical (unpaired) electrons. The number of rotatable bonds is 5. The summed E-state index contributed by atoms with van der Waals surface area (Å²) in [6, 6.07) is 0. The number of esters is 1. The van der Waals surface area contributed by atoms with Gasteiger partial charge in [0, 0.05) is 38.0 Å². The standard InChI is InChI=1S/C12H19N3O4S2/c1-19-11(16)4-3-10-9-20-12(13-10)14-5-7-15(8-6-14)21(2,17)18/h9H,3-8H2,1-2H3. The summed E-state index contributed by atoms with van der Waals surface area (Å²) >= 11 is 1.52. The molecule has 1 saturated heterocycles. The molecule has 1 fully saturated rings. The molecule has 0 spiro atoms. The number of ether oxygens (including phenoxy) is 1. The van der Waals surface area contributed by atoms with Gasteiger partial charge in [-0.1, -0.05) is 0 Å². The number of aryl methyl sites for hydroxylation is 1. The van der Waals surface area contributed by atoms with Crippen molar-refractivity contribution >= 4 is 32.5 Å². The molecule has 0 amide bonds. The summed E-state index contributed by atoms with van der Waals surface area (Å²) < 4.78 is 29.0. The van der Waals surface area contributed by atoms with Gasteiger partial charge in [-0.3, -0.25) is 4.79 Å². The summed E-state index contributed by atoms with van der Waals surface area (Å²) in [4.78, 5) is 17.7. The number of piperazine rings is 1. The quantitative estimate of drug-likeness (QED) is 0.723. The van der Waals surface area contributed by atoms with Crippen LogP contribution in [0, 0.1) is 0 Å². The Morgan fingerprint density at radius 3 is 2.62 bits per heavy atom. The Kier molecular flexibility index (Phi) is 5.17. The molecule has 2 heterocycles. The van der Waals surface area contributed by atoms with Gasteiger partial charge in [0.05, 0.1) is 25.5 Å². The minimum Gasteiger partial charge on any atom is -0.469 e. The van der Waals surface area contributed by atoms with E-state index in [1.165, 1.54) is 29.0 Å². The van der Waals surface area contributed by atoms with E-state index in [0.717, 1.165) is 10.8 Å². The molecule has 0 atom stereocenters. The molecule has 0 N–H and O–H groups in total. The lowest BCUT2D eigenvalue weighted by molar-refractivity contribution is -0.140. The van der Waals surface area contributed by atoms with Gasteiger partial charge in [-0.2, -0.15) is 4.31 Å². The van der Waals surface area contributed by atoms with Crippen LogP contribution in [0.1, 0.15) is 12.1 Å². The van der Waals surface area contributed by atoms with Crippen molar-refractivity contribution in [3.05, 3.63) is 11.1 Å². The van der Waals surface area contributed by atoms with Crippen LogP contribution in [0.5, 0.6) is 0 Å². The van der Waals surface area contributed by atoms with Crippen LogP contribution >= 0.6 is 11.3 Å². The summed E-state index contributed by atoms with van der Waals surface area (Å²) in [5, 5.41) is 2.81. The molecule has 0 aliphatic carbocycles. The van der Waals surface area contributed by atoms with Crippen molar-refractivity contribution in [2.45, 2.75) is 12.8 Å². The van der Waals surface area contributed by atoms with E-state index in [1.54, 1.807) is 0 Å². The fourth-order valence-electron chi connectivity index (χ4n) is 2.10. The highest BCUT2D eigenvalue weighted by Gasteiger charge is 2.24. The molecule has 1 aromatic heterocycles. The van der Waals surface area contributed by atoms with Crippen molar-refractivity contribution in [3.8, 4) is 0 Å². The number of aromatic nitrogens is 1. The predicted molar refractivity (Wildman–Crippen MR) is 81.1 cm³/mol. The predicted octanol–water partition coefficient (Wildman–Crippen LogP) is 0.330. The number of hydrogen-bond donors (Lipinski definition) is 0. The molecule has 7 nitrogen and oxygen atoms in total. The van der Waals surface area contributed by atoms with Crippen molar-refractivity contribution in [3.63, 3.8) is 0 Å². The number of sulfonamides is 1.